The Morgan fingerprint density at radius 1 is 1.11 bits per heavy atom. The standard InChI is InChI=1S/C24H21N5O5S3/c1-16-4-10-20-21(14-16)36-24(26-20)28(25-15-18-7-11-22(35-18)29(31)32)23(30)17-5-8-19(9-6-17)37(33,34)27-12-2-3-13-27/h4-11,14-15H,2-3,12-13H2,1H3/b25-15+. The highest BCUT2D eigenvalue weighted by atomic mass is 32.2. The zero-order chi connectivity index (χ0) is 26.2. The topological polar surface area (TPSA) is 126 Å². The second-order valence-corrected chi connectivity index (χ2v) is 12.4. The van der Waals surface area contributed by atoms with Gasteiger partial charge in [0.25, 0.3) is 5.91 Å². The molecule has 1 fully saturated rings. The maximum Gasteiger partial charge on any atom is 0.324 e. The van der Waals surface area contributed by atoms with E-state index in [4.69, 9.17) is 0 Å². The van der Waals surface area contributed by atoms with Crippen molar-refractivity contribution in [3.8, 4) is 0 Å². The number of hydrogen-bond donors (Lipinski definition) is 0. The van der Waals surface area contributed by atoms with Crippen LogP contribution in [0.3, 0.4) is 0 Å². The summed E-state index contributed by atoms with van der Waals surface area (Å²) in [7, 11) is -3.61. The molecule has 3 heterocycles. The molecule has 0 atom stereocenters. The molecular formula is C24H21N5O5S3. The van der Waals surface area contributed by atoms with Gasteiger partial charge in [0.1, 0.15) is 0 Å². The van der Waals surface area contributed by atoms with E-state index in [1.165, 1.54) is 52.2 Å². The van der Waals surface area contributed by atoms with Crippen molar-refractivity contribution < 1.29 is 18.1 Å². The van der Waals surface area contributed by atoms with E-state index in [1.54, 1.807) is 6.07 Å². The van der Waals surface area contributed by atoms with E-state index >= 15 is 0 Å². The number of hydrazone groups is 1. The lowest BCUT2D eigenvalue weighted by Crippen LogP contribution is -2.28. The fourth-order valence-corrected chi connectivity index (χ4v) is 7.12. The molecule has 0 saturated carbocycles. The molecule has 0 unspecified atom stereocenters. The molecule has 190 valence electrons. The van der Waals surface area contributed by atoms with Gasteiger partial charge in [-0.2, -0.15) is 14.4 Å². The van der Waals surface area contributed by atoms with Crippen LogP contribution in [0.2, 0.25) is 0 Å². The van der Waals surface area contributed by atoms with Crippen molar-refractivity contribution in [2.75, 3.05) is 18.1 Å². The van der Waals surface area contributed by atoms with Crippen molar-refractivity contribution in [3.05, 3.63) is 80.7 Å². The summed E-state index contributed by atoms with van der Waals surface area (Å²) in [6.07, 6.45) is 3.04. The van der Waals surface area contributed by atoms with E-state index in [1.807, 2.05) is 25.1 Å². The number of thiophene rings is 1. The van der Waals surface area contributed by atoms with Gasteiger partial charge in [-0.3, -0.25) is 14.9 Å². The van der Waals surface area contributed by atoms with E-state index < -0.39 is 20.9 Å². The zero-order valence-electron chi connectivity index (χ0n) is 19.6. The van der Waals surface area contributed by atoms with E-state index in [0.29, 0.717) is 28.6 Å². The van der Waals surface area contributed by atoms with Gasteiger partial charge in [0.05, 0.1) is 31.1 Å². The smallest absolute Gasteiger partial charge is 0.267 e. The van der Waals surface area contributed by atoms with Crippen LogP contribution in [-0.2, 0) is 10.0 Å². The number of sulfonamides is 1. The number of nitro groups is 1. The highest BCUT2D eigenvalue weighted by Gasteiger charge is 2.28. The monoisotopic (exact) mass is 555 g/mol. The van der Waals surface area contributed by atoms with Crippen LogP contribution in [0.4, 0.5) is 10.1 Å². The summed E-state index contributed by atoms with van der Waals surface area (Å²) in [5.74, 6) is -0.511. The number of anilines is 1. The first-order valence-corrected chi connectivity index (χ1v) is 14.4. The number of carbonyl (C=O) groups excluding carboxylic acids is 1. The number of aryl methyl sites for hydroxylation is 1. The third-order valence-electron chi connectivity index (χ3n) is 5.80. The lowest BCUT2D eigenvalue weighted by molar-refractivity contribution is -0.380. The molecule has 0 bridgehead atoms. The molecule has 1 aliphatic rings. The zero-order valence-corrected chi connectivity index (χ0v) is 22.1. The van der Waals surface area contributed by atoms with Gasteiger partial charge in [-0.1, -0.05) is 28.7 Å². The maximum atomic E-state index is 13.6. The first-order valence-electron chi connectivity index (χ1n) is 11.3. The van der Waals surface area contributed by atoms with Gasteiger partial charge in [-0.25, -0.2) is 13.4 Å². The number of aromatic nitrogens is 1. The molecule has 0 aliphatic carbocycles. The van der Waals surface area contributed by atoms with Crippen molar-refractivity contribution in [2.45, 2.75) is 24.7 Å². The number of fused-ring (bicyclic) bond motifs is 1. The highest BCUT2D eigenvalue weighted by molar-refractivity contribution is 7.89. The van der Waals surface area contributed by atoms with Gasteiger partial charge in [0, 0.05) is 24.7 Å². The van der Waals surface area contributed by atoms with Crippen molar-refractivity contribution in [1.82, 2.24) is 9.29 Å². The van der Waals surface area contributed by atoms with Gasteiger partial charge in [-0.05, 0) is 67.8 Å². The molecule has 2 aromatic carbocycles. The summed E-state index contributed by atoms with van der Waals surface area (Å²) in [6, 6.07) is 14.4. The number of rotatable bonds is 7. The van der Waals surface area contributed by atoms with E-state index in [9.17, 15) is 23.3 Å². The number of thiazole rings is 1. The lowest BCUT2D eigenvalue weighted by Gasteiger charge is -2.16. The van der Waals surface area contributed by atoms with Crippen molar-refractivity contribution in [1.29, 1.82) is 0 Å². The minimum atomic E-state index is -3.61. The van der Waals surface area contributed by atoms with Gasteiger partial charge in [-0.15, -0.1) is 0 Å². The highest BCUT2D eigenvalue weighted by Crippen LogP contribution is 2.31. The Labute approximate surface area is 220 Å². The number of nitrogens with zero attached hydrogens (tertiary/aromatic N) is 5. The molecule has 13 heteroatoms. The van der Waals surface area contributed by atoms with Crippen molar-refractivity contribution in [2.24, 2.45) is 5.10 Å². The molecule has 4 aromatic rings. The van der Waals surface area contributed by atoms with Crippen molar-refractivity contribution in [3.63, 3.8) is 0 Å². The molecule has 5 rings (SSSR count). The summed E-state index contributed by atoms with van der Waals surface area (Å²) in [5.41, 5.74) is 1.98. The Bertz CT molecular complexity index is 1620. The van der Waals surface area contributed by atoms with E-state index in [2.05, 4.69) is 10.1 Å². The second kappa shape index (κ2) is 10.1. The first kappa shape index (κ1) is 25.1. The minimum absolute atomic E-state index is 0.0374. The molecule has 1 aliphatic heterocycles. The summed E-state index contributed by atoms with van der Waals surface area (Å²) in [5, 5.41) is 16.8. The van der Waals surface area contributed by atoms with Crippen LogP contribution in [0.25, 0.3) is 10.2 Å². The molecule has 0 spiro atoms. The average Bonchev–Trinajstić information content (AvgIpc) is 3.65. The fraction of sp³-hybridized carbons (Fsp3) is 0.208. The molecule has 10 nitrogen and oxygen atoms in total. The molecule has 0 radical (unpaired) electrons. The summed E-state index contributed by atoms with van der Waals surface area (Å²) < 4.78 is 28.0. The lowest BCUT2D eigenvalue weighted by atomic mass is 10.2. The number of benzene rings is 2. The molecular weight excluding hydrogens is 534 g/mol. The van der Waals surface area contributed by atoms with Crippen LogP contribution in [0.1, 0.15) is 33.6 Å². The third kappa shape index (κ3) is 5.16. The number of carbonyl (C=O) groups is 1. The van der Waals surface area contributed by atoms with Crippen LogP contribution in [0.5, 0.6) is 0 Å². The van der Waals surface area contributed by atoms with E-state index in [0.717, 1.165) is 39.5 Å². The normalized spacial score (nSPS) is 14.5. The fourth-order valence-electron chi connectivity index (χ4n) is 3.89. The van der Waals surface area contributed by atoms with Gasteiger partial charge >= 0.3 is 5.00 Å². The molecule has 1 saturated heterocycles. The number of amides is 1. The Morgan fingerprint density at radius 2 is 1.84 bits per heavy atom. The Kier molecular flexibility index (Phi) is 6.86. The summed E-state index contributed by atoms with van der Waals surface area (Å²) in [6.45, 7) is 2.94. The largest absolute Gasteiger partial charge is 0.324 e. The summed E-state index contributed by atoms with van der Waals surface area (Å²) >= 11 is 2.22. The third-order valence-corrected chi connectivity index (χ3v) is 9.68. The Morgan fingerprint density at radius 3 is 2.51 bits per heavy atom. The maximum absolute atomic E-state index is 13.6. The molecule has 1 amide bonds. The Balaban J connectivity index is 1.49. The van der Waals surface area contributed by atoms with Crippen LogP contribution in [0.15, 0.2) is 64.6 Å². The predicted molar refractivity (Wildman–Crippen MR) is 144 cm³/mol. The second-order valence-electron chi connectivity index (χ2n) is 8.40. The molecule has 2 aromatic heterocycles. The molecule has 0 N–H and O–H groups in total. The summed E-state index contributed by atoms with van der Waals surface area (Å²) in [4.78, 5) is 29.3. The minimum Gasteiger partial charge on any atom is -0.267 e. The molecule has 37 heavy (non-hydrogen) atoms. The average molecular weight is 556 g/mol. The predicted octanol–water partition coefficient (Wildman–Crippen LogP) is 5.04. The van der Waals surface area contributed by atoms with Crippen LogP contribution >= 0.6 is 22.7 Å². The van der Waals surface area contributed by atoms with Crippen molar-refractivity contribution >= 4 is 65.2 Å². The van der Waals surface area contributed by atoms with Crippen LogP contribution < -0.4 is 5.01 Å². The van der Waals surface area contributed by atoms with Crippen LogP contribution in [0, 0.1) is 17.0 Å². The van der Waals surface area contributed by atoms with E-state index in [-0.39, 0.29) is 15.5 Å². The van der Waals surface area contributed by atoms with Gasteiger partial charge in [0.15, 0.2) is 0 Å². The SMILES string of the molecule is Cc1ccc2nc(N(/N=C/c3ccc([N+](=O)[O-])s3)C(=O)c3ccc(S(=O)(=O)N4CCCC4)cc3)sc2c1. The van der Waals surface area contributed by atoms with Gasteiger partial charge in [0.2, 0.25) is 15.2 Å². The quantitative estimate of drug-likeness (QED) is 0.179. The number of hydrogen-bond acceptors (Lipinski definition) is 9. The van der Waals surface area contributed by atoms with Gasteiger partial charge < -0.3 is 0 Å². The Hall–Kier alpha value is -3.52. The first-order chi connectivity index (χ1) is 17.7. The van der Waals surface area contributed by atoms with Crippen LogP contribution in [-0.4, -0.2) is 47.8 Å².